The number of methoxy groups -OCH3 is 1. The summed E-state index contributed by atoms with van der Waals surface area (Å²) in [6.07, 6.45) is 3.43. The van der Waals surface area contributed by atoms with Crippen molar-refractivity contribution in [3.63, 3.8) is 0 Å². The molecule has 178 valence electrons. The van der Waals surface area contributed by atoms with Crippen LogP contribution < -0.4 is 20.1 Å². The van der Waals surface area contributed by atoms with E-state index in [0.29, 0.717) is 24.7 Å². The first-order chi connectivity index (χ1) is 15.7. The average Bonchev–Trinajstić information content (AvgIpc) is 3.24. The minimum absolute atomic E-state index is 0. The SMILES string of the molecule is CCNC(=NCc1ccc(Oc2ccc(OC)cc2)nc1)NCc1c(CC)noc1CC.I. The van der Waals surface area contributed by atoms with Gasteiger partial charge in [0.2, 0.25) is 5.88 Å². The fourth-order valence-electron chi connectivity index (χ4n) is 3.15. The van der Waals surface area contributed by atoms with Gasteiger partial charge in [0.15, 0.2) is 5.96 Å². The lowest BCUT2D eigenvalue weighted by atomic mass is 10.1. The lowest BCUT2D eigenvalue weighted by Crippen LogP contribution is -2.37. The molecule has 2 aromatic heterocycles. The maximum atomic E-state index is 5.78. The second-order valence-corrected chi connectivity index (χ2v) is 7.07. The molecule has 0 spiro atoms. The van der Waals surface area contributed by atoms with E-state index in [2.05, 4.69) is 39.6 Å². The number of nitrogens with one attached hydrogen (secondary N) is 2. The number of halogens is 1. The van der Waals surface area contributed by atoms with Crippen molar-refractivity contribution in [1.29, 1.82) is 0 Å². The van der Waals surface area contributed by atoms with E-state index in [-0.39, 0.29) is 24.0 Å². The van der Waals surface area contributed by atoms with Crippen molar-refractivity contribution in [2.75, 3.05) is 13.7 Å². The third-order valence-corrected chi connectivity index (χ3v) is 4.88. The van der Waals surface area contributed by atoms with Crippen LogP contribution in [0.2, 0.25) is 0 Å². The number of hydrogen-bond donors (Lipinski definition) is 2. The second-order valence-electron chi connectivity index (χ2n) is 7.07. The number of aliphatic imine (C=N–C) groups is 1. The average molecular weight is 565 g/mol. The van der Waals surface area contributed by atoms with Gasteiger partial charge in [0.05, 0.1) is 19.3 Å². The molecule has 33 heavy (non-hydrogen) atoms. The molecule has 0 aliphatic carbocycles. The lowest BCUT2D eigenvalue weighted by Gasteiger charge is -2.12. The molecule has 3 aromatic rings. The smallest absolute Gasteiger partial charge is 0.219 e. The standard InChI is InChI=1S/C24H31N5O3.HI/c1-5-21-20(22(6-2)32-29-21)16-28-24(25-7-3)27-15-17-8-13-23(26-14-17)31-19-11-9-18(30-4)10-12-19;/h8-14H,5-7,15-16H2,1-4H3,(H2,25,27,28);1H. The van der Waals surface area contributed by atoms with Crippen LogP contribution in [-0.2, 0) is 25.9 Å². The van der Waals surface area contributed by atoms with Gasteiger partial charge in [-0.3, -0.25) is 0 Å². The molecule has 1 aromatic carbocycles. The Morgan fingerprint density at radius 3 is 2.36 bits per heavy atom. The maximum Gasteiger partial charge on any atom is 0.219 e. The van der Waals surface area contributed by atoms with Gasteiger partial charge in [-0.05, 0) is 43.2 Å². The lowest BCUT2D eigenvalue weighted by molar-refractivity contribution is 0.380. The van der Waals surface area contributed by atoms with Gasteiger partial charge in [0.1, 0.15) is 17.3 Å². The van der Waals surface area contributed by atoms with Crippen LogP contribution in [0.15, 0.2) is 52.1 Å². The minimum atomic E-state index is 0. The predicted octanol–water partition coefficient (Wildman–Crippen LogP) is 4.87. The number of nitrogens with zero attached hydrogens (tertiary/aromatic N) is 3. The van der Waals surface area contributed by atoms with E-state index in [1.54, 1.807) is 13.3 Å². The Bertz CT molecular complexity index is 982. The Morgan fingerprint density at radius 2 is 1.76 bits per heavy atom. The molecule has 0 atom stereocenters. The summed E-state index contributed by atoms with van der Waals surface area (Å²) >= 11 is 0. The van der Waals surface area contributed by atoms with Gasteiger partial charge < -0.3 is 24.6 Å². The molecule has 9 heteroatoms. The zero-order chi connectivity index (χ0) is 22.8. The summed E-state index contributed by atoms with van der Waals surface area (Å²) < 4.78 is 16.4. The molecular weight excluding hydrogens is 533 g/mol. The monoisotopic (exact) mass is 565 g/mol. The van der Waals surface area contributed by atoms with Gasteiger partial charge in [-0.2, -0.15) is 0 Å². The molecule has 8 nitrogen and oxygen atoms in total. The first-order valence-electron chi connectivity index (χ1n) is 10.9. The topological polar surface area (TPSA) is 93.8 Å². The Morgan fingerprint density at radius 1 is 1.00 bits per heavy atom. The first-order valence-corrected chi connectivity index (χ1v) is 10.9. The summed E-state index contributed by atoms with van der Waals surface area (Å²) in [6.45, 7) is 8.07. The van der Waals surface area contributed by atoms with Crippen LogP contribution in [0, 0.1) is 0 Å². The summed E-state index contributed by atoms with van der Waals surface area (Å²) in [5.74, 6) is 3.66. The largest absolute Gasteiger partial charge is 0.497 e. The summed E-state index contributed by atoms with van der Waals surface area (Å²) in [7, 11) is 1.63. The third kappa shape index (κ3) is 7.62. The molecule has 0 aliphatic rings. The van der Waals surface area contributed by atoms with Crippen molar-refractivity contribution >= 4 is 29.9 Å². The van der Waals surface area contributed by atoms with E-state index < -0.39 is 0 Å². The highest BCUT2D eigenvalue weighted by Crippen LogP contribution is 2.22. The number of ether oxygens (including phenoxy) is 2. The van der Waals surface area contributed by atoms with Crippen molar-refractivity contribution in [2.45, 2.75) is 46.7 Å². The third-order valence-electron chi connectivity index (χ3n) is 4.88. The molecule has 0 aliphatic heterocycles. The normalized spacial score (nSPS) is 11.0. The van der Waals surface area contributed by atoms with E-state index in [9.17, 15) is 0 Å². The molecule has 3 rings (SSSR count). The first kappa shape index (κ1) is 26.4. The fourth-order valence-corrected chi connectivity index (χ4v) is 3.15. The Labute approximate surface area is 212 Å². The van der Waals surface area contributed by atoms with E-state index in [1.807, 2.05) is 43.3 Å². The Balaban J connectivity index is 0.00000385. The van der Waals surface area contributed by atoms with Crippen molar-refractivity contribution in [1.82, 2.24) is 20.8 Å². The molecule has 2 heterocycles. The molecule has 0 saturated carbocycles. The van der Waals surface area contributed by atoms with Gasteiger partial charge in [-0.25, -0.2) is 9.98 Å². The van der Waals surface area contributed by atoms with Gasteiger partial charge in [0, 0.05) is 37.3 Å². The number of hydrogen-bond acceptors (Lipinski definition) is 6. The van der Waals surface area contributed by atoms with Crippen molar-refractivity contribution in [2.24, 2.45) is 4.99 Å². The highest BCUT2D eigenvalue weighted by Gasteiger charge is 2.13. The van der Waals surface area contributed by atoms with Crippen molar-refractivity contribution in [3.8, 4) is 17.4 Å². The Kier molecular flexibility index (Phi) is 10.9. The number of rotatable bonds is 10. The zero-order valence-electron chi connectivity index (χ0n) is 19.6. The molecule has 0 saturated heterocycles. The van der Waals surface area contributed by atoms with Gasteiger partial charge >= 0.3 is 0 Å². The van der Waals surface area contributed by atoms with Crippen LogP contribution in [0.1, 0.15) is 43.4 Å². The van der Waals surface area contributed by atoms with E-state index in [4.69, 9.17) is 14.0 Å². The molecule has 0 amide bonds. The van der Waals surface area contributed by atoms with Crippen LogP contribution in [0.3, 0.4) is 0 Å². The number of aryl methyl sites for hydroxylation is 2. The van der Waals surface area contributed by atoms with Crippen LogP contribution in [-0.4, -0.2) is 29.8 Å². The molecular formula is C24H32IN5O3. The van der Waals surface area contributed by atoms with Crippen molar-refractivity contribution in [3.05, 3.63) is 65.2 Å². The number of pyridine rings is 1. The fraction of sp³-hybridized carbons (Fsp3) is 0.375. The molecule has 0 radical (unpaired) electrons. The van der Waals surface area contributed by atoms with Gasteiger partial charge in [-0.15, -0.1) is 24.0 Å². The van der Waals surface area contributed by atoms with Gasteiger partial charge in [-0.1, -0.05) is 25.1 Å². The second kappa shape index (κ2) is 13.7. The highest BCUT2D eigenvalue weighted by atomic mass is 127. The number of guanidine groups is 1. The van der Waals surface area contributed by atoms with E-state index in [0.717, 1.165) is 53.7 Å². The van der Waals surface area contributed by atoms with Crippen LogP contribution in [0.25, 0.3) is 0 Å². The molecule has 0 fully saturated rings. The quantitative estimate of drug-likeness (QED) is 0.206. The number of aromatic nitrogens is 2. The zero-order valence-corrected chi connectivity index (χ0v) is 21.9. The predicted molar refractivity (Wildman–Crippen MR) is 140 cm³/mol. The Hall–Kier alpha value is -2.82. The molecule has 2 N–H and O–H groups in total. The van der Waals surface area contributed by atoms with Gasteiger partial charge in [0.25, 0.3) is 0 Å². The van der Waals surface area contributed by atoms with Crippen LogP contribution in [0.4, 0.5) is 0 Å². The molecule has 0 bridgehead atoms. The van der Waals surface area contributed by atoms with Crippen molar-refractivity contribution < 1.29 is 14.0 Å². The summed E-state index contributed by atoms with van der Waals surface area (Å²) in [4.78, 5) is 9.06. The minimum Gasteiger partial charge on any atom is -0.497 e. The van der Waals surface area contributed by atoms with Crippen LogP contribution in [0.5, 0.6) is 17.4 Å². The maximum absolute atomic E-state index is 5.78. The van der Waals surface area contributed by atoms with Crippen LogP contribution >= 0.6 is 24.0 Å². The summed E-state index contributed by atoms with van der Waals surface area (Å²) in [6, 6.07) is 11.2. The summed E-state index contributed by atoms with van der Waals surface area (Å²) in [5.41, 5.74) is 3.09. The summed E-state index contributed by atoms with van der Waals surface area (Å²) in [5, 5.41) is 10.8. The number of benzene rings is 1. The molecule has 0 unspecified atom stereocenters. The highest BCUT2D eigenvalue weighted by molar-refractivity contribution is 14.0. The van der Waals surface area contributed by atoms with E-state index in [1.165, 1.54) is 0 Å². The van der Waals surface area contributed by atoms with E-state index >= 15 is 0 Å².